The lowest BCUT2D eigenvalue weighted by molar-refractivity contribution is -0.131. The molecule has 0 aliphatic heterocycles. The fourth-order valence-electron chi connectivity index (χ4n) is 0.996. The van der Waals surface area contributed by atoms with Gasteiger partial charge in [-0.05, 0) is 12.5 Å². The molecule has 1 atom stereocenters. The molecule has 0 spiro atoms. The van der Waals surface area contributed by atoms with E-state index in [0.717, 1.165) is 0 Å². The lowest BCUT2D eigenvalue weighted by atomic mass is 9.86. The van der Waals surface area contributed by atoms with E-state index in [4.69, 9.17) is 5.11 Å². The number of rotatable bonds is 3. The summed E-state index contributed by atoms with van der Waals surface area (Å²) in [5.41, 5.74) is 0.0424. The Kier molecular flexibility index (Phi) is 3.96. The van der Waals surface area contributed by atoms with E-state index in [1.807, 2.05) is 7.05 Å². The van der Waals surface area contributed by atoms with Gasteiger partial charge in [-0.25, -0.2) is 4.79 Å². The van der Waals surface area contributed by atoms with Gasteiger partial charge in [-0.2, -0.15) is 0 Å². The van der Waals surface area contributed by atoms with E-state index in [2.05, 4.69) is 26.1 Å². The summed E-state index contributed by atoms with van der Waals surface area (Å²) in [5, 5.41) is 11.5. The van der Waals surface area contributed by atoms with Gasteiger partial charge in [0.15, 0.2) is 0 Å². The first-order valence-electron chi connectivity index (χ1n) is 3.96. The van der Waals surface area contributed by atoms with Crippen LogP contribution in [0, 0.1) is 5.41 Å². The minimum atomic E-state index is -0.903. The Morgan fingerprint density at radius 2 is 2.00 bits per heavy atom. The molecule has 0 saturated carbocycles. The summed E-state index contributed by atoms with van der Waals surface area (Å²) < 4.78 is 0. The van der Waals surface area contributed by atoms with E-state index in [9.17, 15) is 4.79 Å². The Morgan fingerprint density at radius 1 is 1.50 bits per heavy atom. The smallest absolute Gasteiger partial charge is 0.328 e. The molecular weight excluding hydrogens is 154 g/mol. The molecule has 0 fully saturated rings. The van der Waals surface area contributed by atoms with Crippen LogP contribution in [-0.4, -0.2) is 24.2 Å². The van der Waals surface area contributed by atoms with Crippen LogP contribution in [0.1, 0.15) is 20.8 Å². The zero-order valence-electron chi connectivity index (χ0n) is 8.09. The second kappa shape index (κ2) is 4.26. The van der Waals surface area contributed by atoms with Crippen LogP contribution in [0.25, 0.3) is 0 Å². The maximum Gasteiger partial charge on any atom is 0.328 e. The topological polar surface area (TPSA) is 49.3 Å². The zero-order valence-corrected chi connectivity index (χ0v) is 8.09. The van der Waals surface area contributed by atoms with Crippen LogP contribution in [0.15, 0.2) is 12.2 Å². The molecule has 0 aromatic carbocycles. The van der Waals surface area contributed by atoms with Crippen molar-refractivity contribution >= 4 is 5.97 Å². The van der Waals surface area contributed by atoms with Crippen molar-refractivity contribution in [3.8, 4) is 0 Å². The maximum atomic E-state index is 10.2. The van der Waals surface area contributed by atoms with Gasteiger partial charge in [-0.15, -0.1) is 0 Å². The fourth-order valence-corrected chi connectivity index (χ4v) is 0.996. The summed E-state index contributed by atoms with van der Waals surface area (Å²) >= 11 is 0. The van der Waals surface area contributed by atoms with Crippen molar-refractivity contribution in [2.75, 3.05) is 7.05 Å². The number of hydrogen-bond acceptors (Lipinski definition) is 2. The van der Waals surface area contributed by atoms with Crippen LogP contribution in [-0.2, 0) is 4.79 Å². The van der Waals surface area contributed by atoms with Gasteiger partial charge >= 0.3 is 5.97 Å². The van der Waals surface area contributed by atoms with E-state index in [-0.39, 0.29) is 11.5 Å². The molecule has 12 heavy (non-hydrogen) atoms. The Hall–Kier alpha value is -0.830. The standard InChI is InChI=1S/C9H17NO2/c1-9(2,3)7(10-4)5-6-8(11)12/h5-7,10H,1-4H3,(H,11,12). The third kappa shape index (κ3) is 4.13. The molecule has 0 bridgehead atoms. The van der Waals surface area contributed by atoms with Crippen molar-refractivity contribution in [1.29, 1.82) is 0 Å². The molecule has 0 heterocycles. The molecule has 0 aromatic heterocycles. The van der Waals surface area contributed by atoms with Crippen molar-refractivity contribution in [3.63, 3.8) is 0 Å². The first-order chi connectivity index (χ1) is 5.38. The predicted octanol–water partition coefficient (Wildman–Crippen LogP) is 1.26. The SMILES string of the molecule is CNC(C=CC(=O)O)C(C)(C)C. The van der Waals surface area contributed by atoms with Crippen LogP contribution in [0.3, 0.4) is 0 Å². The van der Waals surface area contributed by atoms with Crippen molar-refractivity contribution in [1.82, 2.24) is 5.32 Å². The average molecular weight is 171 g/mol. The summed E-state index contributed by atoms with van der Waals surface area (Å²) in [6.45, 7) is 6.17. The quantitative estimate of drug-likeness (QED) is 0.628. The number of likely N-dealkylation sites (N-methyl/N-ethyl adjacent to an activating group) is 1. The average Bonchev–Trinajstić information content (AvgIpc) is 1.85. The number of carboxylic acids is 1. The van der Waals surface area contributed by atoms with Crippen molar-refractivity contribution in [3.05, 3.63) is 12.2 Å². The number of hydrogen-bond donors (Lipinski definition) is 2. The van der Waals surface area contributed by atoms with Crippen LogP contribution in [0.2, 0.25) is 0 Å². The molecule has 70 valence electrons. The van der Waals surface area contributed by atoms with Gasteiger partial charge in [0.25, 0.3) is 0 Å². The molecule has 0 saturated heterocycles. The number of aliphatic carboxylic acids is 1. The monoisotopic (exact) mass is 171 g/mol. The molecule has 1 unspecified atom stereocenters. The van der Waals surface area contributed by atoms with E-state index in [1.54, 1.807) is 6.08 Å². The van der Waals surface area contributed by atoms with Crippen LogP contribution in [0.4, 0.5) is 0 Å². The highest BCUT2D eigenvalue weighted by molar-refractivity contribution is 5.79. The zero-order chi connectivity index (χ0) is 9.78. The minimum Gasteiger partial charge on any atom is -0.478 e. The fraction of sp³-hybridized carbons (Fsp3) is 0.667. The van der Waals surface area contributed by atoms with Crippen LogP contribution >= 0.6 is 0 Å². The molecule has 3 nitrogen and oxygen atoms in total. The Balaban J connectivity index is 4.28. The second-order valence-electron chi connectivity index (χ2n) is 3.83. The summed E-state index contributed by atoms with van der Waals surface area (Å²) in [5.74, 6) is -0.903. The highest BCUT2D eigenvalue weighted by Gasteiger charge is 2.19. The third-order valence-electron chi connectivity index (χ3n) is 1.68. The first-order valence-corrected chi connectivity index (χ1v) is 3.96. The van der Waals surface area contributed by atoms with Gasteiger partial charge in [0.1, 0.15) is 0 Å². The largest absolute Gasteiger partial charge is 0.478 e. The Labute approximate surface area is 73.5 Å². The molecule has 3 heteroatoms. The van der Waals surface area contributed by atoms with Crippen molar-refractivity contribution in [2.24, 2.45) is 5.41 Å². The van der Waals surface area contributed by atoms with Crippen molar-refractivity contribution < 1.29 is 9.90 Å². The molecule has 0 radical (unpaired) electrons. The lowest BCUT2D eigenvalue weighted by Crippen LogP contribution is -2.36. The number of carboxylic acid groups (broad SMARTS) is 1. The third-order valence-corrected chi connectivity index (χ3v) is 1.68. The Morgan fingerprint density at radius 3 is 2.25 bits per heavy atom. The second-order valence-corrected chi connectivity index (χ2v) is 3.83. The highest BCUT2D eigenvalue weighted by Crippen LogP contribution is 2.19. The molecular formula is C9H17NO2. The van der Waals surface area contributed by atoms with Gasteiger partial charge in [-0.3, -0.25) is 0 Å². The number of carbonyl (C=O) groups is 1. The van der Waals surface area contributed by atoms with E-state index >= 15 is 0 Å². The summed E-state index contributed by atoms with van der Waals surface area (Å²) in [4.78, 5) is 10.2. The molecule has 0 rings (SSSR count). The van der Waals surface area contributed by atoms with Gasteiger partial charge in [0, 0.05) is 12.1 Å². The summed E-state index contributed by atoms with van der Waals surface area (Å²) in [7, 11) is 1.82. The highest BCUT2D eigenvalue weighted by atomic mass is 16.4. The minimum absolute atomic E-state index is 0.0424. The predicted molar refractivity (Wildman–Crippen MR) is 49.1 cm³/mol. The molecule has 0 aliphatic carbocycles. The van der Waals surface area contributed by atoms with Gasteiger partial charge in [0.2, 0.25) is 0 Å². The summed E-state index contributed by atoms with van der Waals surface area (Å²) in [6.07, 6.45) is 2.84. The lowest BCUT2D eigenvalue weighted by Gasteiger charge is -2.27. The van der Waals surface area contributed by atoms with Crippen LogP contribution < -0.4 is 5.32 Å². The Bertz CT molecular complexity index is 179. The first kappa shape index (κ1) is 11.2. The van der Waals surface area contributed by atoms with Gasteiger partial charge < -0.3 is 10.4 Å². The molecule has 0 amide bonds. The molecule has 0 aromatic rings. The van der Waals surface area contributed by atoms with E-state index in [1.165, 1.54) is 6.08 Å². The van der Waals surface area contributed by atoms with Crippen molar-refractivity contribution in [2.45, 2.75) is 26.8 Å². The summed E-state index contributed by atoms with van der Waals surface area (Å²) in [6, 6.07) is 0.0913. The van der Waals surface area contributed by atoms with Crippen LogP contribution in [0.5, 0.6) is 0 Å². The molecule has 0 aliphatic rings. The number of nitrogens with one attached hydrogen (secondary N) is 1. The van der Waals surface area contributed by atoms with Gasteiger partial charge in [0.05, 0.1) is 0 Å². The maximum absolute atomic E-state index is 10.2. The normalized spacial score (nSPS) is 15.0. The van der Waals surface area contributed by atoms with E-state index in [0.29, 0.717) is 0 Å². The van der Waals surface area contributed by atoms with Gasteiger partial charge in [-0.1, -0.05) is 26.8 Å². The van der Waals surface area contributed by atoms with E-state index < -0.39 is 5.97 Å². The molecule has 2 N–H and O–H groups in total.